The molecule has 5 heteroatoms. The van der Waals surface area contributed by atoms with Crippen LogP contribution in [-0.2, 0) is 4.79 Å². The third kappa shape index (κ3) is 2.10. The van der Waals surface area contributed by atoms with Gasteiger partial charge < -0.3 is 5.32 Å². The van der Waals surface area contributed by atoms with E-state index < -0.39 is 0 Å². The molecule has 0 bridgehead atoms. The first kappa shape index (κ1) is 9.98. The van der Waals surface area contributed by atoms with Crippen molar-refractivity contribution in [3.05, 3.63) is 29.3 Å². The lowest BCUT2D eigenvalue weighted by molar-refractivity contribution is -0.108. The Balaban J connectivity index is 2.20. The number of hydrazone groups is 1. The second kappa shape index (κ2) is 4.31. The number of carbonyl (C=O) groups is 1. The lowest BCUT2D eigenvalue weighted by Gasteiger charge is -2.14. The van der Waals surface area contributed by atoms with E-state index in [9.17, 15) is 4.79 Å². The third-order valence-corrected chi connectivity index (χ3v) is 2.48. The number of nitrogens with one attached hydrogen (secondary N) is 1. The fourth-order valence-electron chi connectivity index (χ4n) is 1.46. The number of hydrogen-bond donors (Lipinski definition) is 1. The number of nitrogens with zero attached hydrogens (tertiary/aromatic N) is 2. The number of hydrogen-bond acceptors (Lipinski definition) is 3. The Morgan fingerprint density at radius 3 is 3.00 bits per heavy atom. The summed E-state index contributed by atoms with van der Waals surface area (Å²) in [7, 11) is 0. The Bertz CT molecular complexity index is 405. The highest BCUT2D eigenvalue weighted by molar-refractivity contribution is 6.33. The number of carbonyl (C=O) groups excluding carboxylic acids is 1. The lowest BCUT2D eigenvalue weighted by Crippen LogP contribution is -2.18. The first-order chi connectivity index (χ1) is 7.31. The van der Waals surface area contributed by atoms with Crippen molar-refractivity contribution < 1.29 is 4.79 Å². The van der Waals surface area contributed by atoms with Crippen molar-refractivity contribution in [1.29, 1.82) is 0 Å². The molecule has 2 rings (SSSR count). The Morgan fingerprint density at radius 1 is 1.47 bits per heavy atom. The van der Waals surface area contributed by atoms with Gasteiger partial charge >= 0.3 is 0 Å². The van der Waals surface area contributed by atoms with E-state index in [0.29, 0.717) is 17.3 Å². The molecule has 0 aliphatic carbocycles. The SMILES string of the molecule is O=CNC1=NN(c2ccccc2Cl)CC1. The average Bonchev–Trinajstić information content (AvgIpc) is 2.68. The molecule has 1 aromatic rings. The molecule has 0 saturated carbocycles. The Hall–Kier alpha value is -1.55. The molecule has 1 amide bonds. The summed E-state index contributed by atoms with van der Waals surface area (Å²) in [6.07, 6.45) is 1.36. The van der Waals surface area contributed by atoms with Crippen molar-refractivity contribution in [2.24, 2.45) is 5.10 Å². The third-order valence-electron chi connectivity index (χ3n) is 2.16. The van der Waals surface area contributed by atoms with Crippen LogP contribution in [0.15, 0.2) is 29.4 Å². The van der Waals surface area contributed by atoms with Crippen LogP contribution in [-0.4, -0.2) is 18.8 Å². The standard InChI is InChI=1S/C10H10ClN3O/c11-8-3-1-2-4-9(8)14-6-5-10(13-14)12-7-15/h1-4,7H,5-6H2,(H,12,13,15). The summed E-state index contributed by atoms with van der Waals surface area (Å²) in [5.74, 6) is 0.671. The van der Waals surface area contributed by atoms with E-state index in [1.807, 2.05) is 24.3 Å². The van der Waals surface area contributed by atoms with Gasteiger partial charge in [-0.3, -0.25) is 9.80 Å². The van der Waals surface area contributed by atoms with E-state index in [1.165, 1.54) is 0 Å². The zero-order chi connectivity index (χ0) is 10.7. The number of halogens is 1. The molecule has 0 saturated heterocycles. The number of para-hydroxylation sites is 1. The van der Waals surface area contributed by atoms with Gasteiger partial charge in [-0.15, -0.1) is 0 Å². The van der Waals surface area contributed by atoms with Gasteiger partial charge in [0.1, 0.15) is 5.84 Å². The molecule has 0 fully saturated rings. The van der Waals surface area contributed by atoms with Gasteiger partial charge in [0, 0.05) is 13.0 Å². The van der Waals surface area contributed by atoms with E-state index in [2.05, 4.69) is 10.4 Å². The zero-order valence-corrected chi connectivity index (χ0v) is 8.74. The van der Waals surface area contributed by atoms with E-state index in [1.54, 1.807) is 5.01 Å². The molecule has 1 aromatic carbocycles. The van der Waals surface area contributed by atoms with Gasteiger partial charge in [-0.25, -0.2) is 0 Å². The number of rotatable bonds is 2. The minimum absolute atomic E-state index is 0.634. The molecule has 1 heterocycles. The Labute approximate surface area is 92.5 Å². The summed E-state index contributed by atoms with van der Waals surface area (Å²) in [5, 5.41) is 9.23. The van der Waals surface area contributed by atoms with Crippen LogP contribution in [0.2, 0.25) is 5.02 Å². The highest BCUT2D eigenvalue weighted by atomic mass is 35.5. The van der Waals surface area contributed by atoms with Crippen LogP contribution < -0.4 is 10.3 Å². The van der Waals surface area contributed by atoms with Crippen molar-refractivity contribution in [3.63, 3.8) is 0 Å². The highest BCUT2D eigenvalue weighted by Crippen LogP contribution is 2.27. The van der Waals surface area contributed by atoms with Gasteiger partial charge in [0.25, 0.3) is 0 Å². The summed E-state index contributed by atoms with van der Waals surface area (Å²) in [4.78, 5) is 10.2. The fraction of sp³-hybridized carbons (Fsp3) is 0.200. The van der Waals surface area contributed by atoms with Gasteiger partial charge in [-0.2, -0.15) is 5.10 Å². The number of anilines is 1. The second-order valence-corrected chi connectivity index (χ2v) is 3.54. The maximum atomic E-state index is 10.2. The van der Waals surface area contributed by atoms with Gasteiger partial charge in [0.05, 0.1) is 10.7 Å². The molecule has 0 radical (unpaired) electrons. The smallest absolute Gasteiger partial charge is 0.212 e. The van der Waals surface area contributed by atoms with E-state index in [-0.39, 0.29) is 0 Å². The van der Waals surface area contributed by atoms with Crippen LogP contribution in [0.4, 0.5) is 5.69 Å². The number of amidine groups is 1. The predicted molar refractivity (Wildman–Crippen MR) is 60.0 cm³/mol. The number of amides is 1. The summed E-state index contributed by atoms with van der Waals surface area (Å²) in [6.45, 7) is 0.736. The van der Waals surface area contributed by atoms with Crippen molar-refractivity contribution >= 4 is 29.5 Å². The molecule has 0 unspecified atom stereocenters. The van der Waals surface area contributed by atoms with Crippen LogP contribution in [0.1, 0.15) is 6.42 Å². The van der Waals surface area contributed by atoms with Crippen LogP contribution >= 0.6 is 11.6 Å². The quantitative estimate of drug-likeness (QED) is 0.775. The summed E-state index contributed by atoms with van der Waals surface area (Å²) in [6, 6.07) is 7.49. The van der Waals surface area contributed by atoms with Crippen molar-refractivity contribution in [1.82, 2.24) is 5.32 Å². The molecular weight excluding hydrogens is 214 g/mol. The zero-order valence-electron chi connectivity index (χ0n) is 7.98. The fourth-order valence-corrected chi connectivity index (χ4v) is 1.70. The highest BCUT2D eigenvalue weighted by Gasteiger charge is 2.16. The minimum atomic E-state index is 0.634. The summed E-state index contributed by atoms with van der Waals surface area (Å²) >= 11 is 6.03. The monoisotopic (exact) mass is 223 g/mol. The minimum Gasteiger partial charge on any atom is -0.315 e. The van der Waals surface area contributed by atoms with Gasteiger partial charge in [-0.05, 0) is 12.1 Å². The van der Waals surface area contributed by atoms with Crippen molar-refractivity contribution in [2.45, 2.75) is 6.42 Å². The molecule has 0 atom stereocenters. The van der Waals surface area contributed by atoms with Gasteiger partial charge in [0.2, 0.25) is 6.41 Å². The maximum absolute atomic E-state index is 10.2. The van der Waals surface area contributed by atoms with Gasteiger partial charge in [-0.1, -0.05) is 23.7 Å². The molecular formula is C10H10ClN3O. The van der Waals surface area contributed by atoms with Crippen LogP contribution in [0.25, 0.3) is 0 Å². The summed E-state index contributed by atoms with van der Waals surface area (Å²) in [5.41, 5.74) is 0.863. The maximum Gasteiger partial charge on any atom is 0.212 e. The number of benzene rings is 1. The molecule has 1 aliphatic heterocycles. The van der Waals surface area contributed by atoms with Gasteiger partial charge in [0.15, 0.2) is 0 Å². The van der Waals surface area contributed by atoms with E-state index in [4.69, 9.17) is 11.6 Å². The average molecular weight is 224 g/mol. The first-order valence-electron chi connectivity index (χ1n) is 4.61. The van der Waals surface area contributed by atoms with E-state index >= 15 is 0 Å². The first-order valence-corrected chi connectivity index (χ1v) is 4.99. The molecule has 78 valence electrons. The van der Waals surface area contributed by atoms with Crippen LogP contribution in [0, 0.1) is 0 Å². The van der Waals surface area contributed by atoms with Crippen LogP contribution in [0.5, 0.6) is 0 Å². The molecule has 0 spiro atoms. The topological polar surface area (TPSA) is 44.7 Å². The van der Waals surface area contributed by atoms with Crippen molar-refractivity contribution in [3.8, 4) is 0 Å². The molecule has 0 aromatic heterocycles. The Morgan fingerprint density at radius 2 is 2.27 bits per heavy atom. The normalized spacial score (nSPS) is 15.0. The molecule has 15 heavy (non-hydrogen) atoms. The largest absolute Gasteiger partial charge is 0.315 e. The second-order valence-electron chi connectivity index (χ2n) is 3.13. The lowest BCUT2D eigenvalue weighted by atomic mass is 10.3. The molecule has 1 N–H and O–H groups in total. The van der Waals surface area contributed by atoms with E-state index in [0.717, 1.165) is 18.7 Å². The Kier molecular flexibility index (Phi) is 2.87. The molecule has 4 nitrogen and oxygen atoms in total. The predicted octanol–water partition coefficient (Wildman–Crippen LogP) is 1.61. The summed E-state index contributed by atoms with van der Waals surface area (Å²) < 4.78 is 0. The van der Waals surface area contributed by atoms with Crippen LogP contribution in [0.3, 0.4) is 0 Å². The van der Waals surface area contributed by atoms with Crippen molar-refractivity contribution in [2.75, 3.05) is 11.6 Å². The molecule has 1 aliphatic rings.